The van der Waals surface area contributed by atoms with E-state index in [1.807, 2.05) is 7.05 Å². The number of hydrogen-bond acceptors (Lipinski definition) is 4. The van der Waals surface area contributed by atoms with Gasteiger partial charge >= 0.3 is 0 Å². The van der Waals surface area contributed by atoms with E-state index in [1.165, 1.54) is 10.4 Å². The third-order valence-corrected chi connectivity index (χ3v) is 6.48. The molecular formula is C14H18ClFN2O3S. The summed E-state index contributed by atoms with van der Waals surface area (Å²) in [6.45, 7) is 2.70. The maximum atomic E-state index is 13.2. The molecule has 0 amide bonds. The van der Waals surface area contributed by atoms with Crippen LogP contribution in [-0.4, -0.2) is 63.6 Å². The first kappa shape index (κ1) is 16.1. The molecule has 0 aliphatic carbocycles. The maximum Gasteiger partial charge on any atom is 0.244 e. The van der Waals surface area contributed by atoms with Crippen molar-refractivity contribution in [2.75, 3.05) is 39.9 Å². The Bertz CT molecular complexity index is 670. The average molecular weight is 349 g/mol. The topological polar surface area (TPSA) is 49.9 Å². The molecule has 2 fully saturated rings. The molecule has 1 aromatic rings. The van der Waals surface area contributed by atoms with Crippen LogP contribution in [0.4, 0.5) is 4.39 Å². The minimum atomic E-state index is -3.78. The molecule has 0 N–H and O–H groups in total. The van der Waals surface area contributed by atoms with Crippen LogP contribution in [0.5, 0.6) is 0 Å². The fourth-order valence-corrected chi connectivity index (χ4v) is 5.33. The van der Waals surface area contributed by atoms with Gasteiger partial charge in [0.05, 0.1) is 24.3 Å². The maximum absolute atomic E-state index is 13.2. The molecule has 0 unspecified atom stereocenters. The third-order valence-electron chi connectivity index (χ3n) is 4.08. The van der Waals surface area contributed by atoms with Crippen LogP contribution in [0.3, 0.4) is 0 Å². The Morgan fingerprint density at radius 1 is 1.27 bits per heavy atom. The number of fused-ring (bicyclic) bond motifs is 3. The molecule has 0 aromatic heterocycles. The van der Waals surface area contributed by atoms with E-state index in [9.17, 15) is 12.8 Å². The lowest BCUT2D eigenvalue weighted by atomic mass is 10.1. The van der Waals surface area contributed by atoms with Crippen LogP contribution in [0.1, 0.15) is 0 Å². The highest BCUT2D eigenvalue weighted by Crippen LogP contribution is 2.30. The zero-order chi connectivity index (χ0) is 15.9. The Hall–Kier alpha value is -0.730. The number of sulfonamides is 1. The Balaban J connectivity index is 2.00. The number of benzene rings is 1. The van der Waals surface area contributed by atoms with Crippen molar-refractivity contribution in [3.63, 3.8) is 0 Å². The zero-order valence-corrected chi connectivity index (χ0v) is 13.8. The second-order valence-corrected chi connectivity index (χ2v) is 8.19. The van der Waals surface area contributed by atoms with E-state index in [1.54, 1.807) is 0 Å². The second-order valence-electron chi connectivity index (χ2n) is 5.93. The van der Waals surface area contributed by atoms with Crippen molar-refractivity contribution in [1.82, 2.24) is 9.21 Å². The van der Waals surface area contributed by atoms with Crippen LogP contribution in [0.2, 0.25) is 5.02 Å². The molecule has 2 bridgehead atoms. The molecule has 5 nitrogen and oxygen atoms in total. The van der Waals surface area contributed by atoms with Crippen LogP contribution >= 0.6 is 11.6 Å². The number of ether oxygens (including phenoxy) is 1. The van der Waals surface area contributed by atoms with Gasteiger partial charge in [-0.2, -0.15) is 4.31 Å². The van der Waals surface area contributed by atoms with E-state index in [0.29, 0.717) is 26.3 Å². The van der Waals surface area contributed by atoms with Gasteiger partial charge < -0.3 is 9.64 Å². The van der Waals surface area contributed by atoms with E-state index < -0.39 is 15.8 Å². The van der Waals surface area contributed by atoms with Gasteiger partial charge in [0.25, 0.3) is 0 Å². The van der Waals surface area contributed by atoms with Gasteiger partial charge in [-0.05, 0) is 25.2 Å². The van der Waals surface area contributed by atoms with Gasteiger partial charge in [0.2, 0.25) is 10.0 Å². The van der Waals surface area contributed by atoms with Crippen LogP contribution in [0, 0.1) is 11.7 Å². The monoisotopic (exact) mass is 348 g/mol. The number of halogens is 2. The van der Waals surface area contributed by atoms with Gasteiger partial charge in [-0.25, -0.2) is 12.8 Å². The molecule has 2 aliphatic heterocycles. The molecule has 2 atom stereocenters. The molecule has 22 heavy (non-hydrogen) atoms. The minimum Gasteiger partial charge on any atom is -0.379 e. The van der Waals surface area contributed by atoms with Crippen molar-refractivity contribution in [2.24, 2.45) is 5.92 Å². The molecule has 1 aromatic carbocycles. The lowest BCUT2D eigenvalue weighted by Crippen LogP contribution is -2.45. The lowest BCUT2D eigenvalue weighted by Gasteiger charge is -2.29. The first-order valence-corrected chi connectivity index (χ1v) is 8.93. The van der Waals surface area contributed by atoms with Crippen LogP contribution in [0.15, 0.2) is 23.1 Å². The predicted molar refractivity (Wildman–Crippen MR) is 80.9 cm³/mol. The van der Waals surface area contributed by atoms with Crippen molar-refractivity contribution >= 4 is 21.6 Å². The molecule has 8 heteroatoms. The summed E-state index contributed by atoms with van der Waals surface area (Å²) in [7, 11) is -1.80. The SMILES string of the molecule is CN1C[C@@H]2COC[C@H](C1)N(S(=O)(=O)c1ccc(F)cc1Cl)C2. The van der Waals surface area contributed by atoms with E-state index in [2.05, 4.69) is 4.90 Å². The fourth-order valence-electron chi connectivity index (χ4n) is 3.14. The first-order chi connectivity index (χ1) is 10.4. The van der Waals surface area contributed by atoms with E-state index >= 15 is 0 Å². The summed E-state index contributed by atoms with van der Waals surface area (Å²) in [5, 5.41) is -0.0898. The molecule has 2 saturated heterocycles. The van der Waals surface area contributed by atoms with Crippen molar-refractivity contribution in [2.45, 2.75) is 10.9 Å². The summed E-state index contributed by atoms with van der Waals surface area (Å²) in [4.78, 5) is 2.07. The molecule has 2 heterocycles. The summed E-state index contributed by atoms with van der Waals surface area (Å²) in [6, 6.07) is 3.11. The summed E-state index contributed by atoms with van der Waals surface area (Å²) in [5.41, 5.74) is 0. The van der Waals surface area contributed by atoms with Gasteiger partial charge in [-0.3, -0.25) is 0 Å². The molecule has 0 spiro atoms. The van der Waals surface area contributed by atoms with Gasteiger partial charge in [0.1, 0.15) is 10.7 Å². The predicted octanol–water partition coefficient (Wildman–Crippen LogP) is 1.43. The minimum absolute atomic E-state index is 0.0502. The van der Waals surface area contributed by atoms with Gasteiger partial charge in [-0.1, -0.05) is 11.6 Å². The van der Waals surface area contributed by atoms with Gasteiger partial charge in [0.15, 0.2) is 0 Å². The highest BCUT2D eigenvalue weighted by molar-refractivity contribution is 7.89. The normalized spacial score (nSPS) is 27.6. The average Bonchev–Trinajstić information content (AvgIpc) is 2.68. The smallest absolute Gasteiger partial charge is 0.244 e. The molecule has 2 aliphatic rings. The van der Waals surface area contributed by atoms with E-state index in [4.69, 9.17) is 16.3 Å². The van der Waals surface area contributed by atoms with Crippen molar-refractivity contribution in [3.05, 3.63) is 29.0 Å². The van der Waals surface area contributed by atoms with Crippen molar-refractivity contribution in [1.29, 1.82) is 0 Å². The van der Waals surface area contributed by atoms with E-state index in [-0.39, 0.29) is 21.9 Å². The molecule has 0 radical (unpaired) electrons. The van der Waals surface area contributed by atoms with Gasteiger partial charge in [0, 0.05) is 25.6 Å². The highest BCUT2D eigenvalue weighted by Gasteiger charge is 2.40. The summed E-state index contributed by atoms with van der Waals surface area (Å²) >= 11 is 5.96. The fraction of sp³-hybridized carbons (Fsp3) is 0.571. The second kappa shape index (κ2) is 6.05. The quantitative estimate of drug-likeness (QED) is 0.811. The summed E-state index contributed by atoms with van der Waals surface area (Å²) in [5.74, 6) is -0.437. The summed E-state index contributed by atoms with van der Waals surface area (Å²) < 4.78 is 46.2. The van der Waals surface area contributed by atoms with Crippen LogP contribution in [-0.2, 0) is 14.8 Å². The highest BCUT2D eigenvalue weighted by atomic mass is 35.5. The number of rotatable bonds is 2. The largest absolute Gasteiger partial charge is 0.379 e. The molecule has 0 saturated carbocycles. The zero-order valence-electron chi connectivity index (χ0n) is 12.2. The molecule has 3 rings (SSSR count). The number of hydrogen-bond donors (Lipinski definition) is 0. The Kier molecular flexibility index (Phi) is 4.44. The van der Waals surface area contributed by atoms with E-state index in [0.717, 1.165) is 18.7 Å². The van der Waals surface area contributed by atoms with Crippen LogP contribution in [0.25, 0.3) is 0 Å². The Labute approximate surface area is 134 Å². The van der Waals surface area contributed by atoms with Crippen molar-refractivity contribution in [3.8, 4) is 0 Å². The Morgan fingerprint density at radius 3 is 2.77 bits per heavy atom. The first-order valence-electron chi connectivity index (χ1n) is 7.11. The lowest BCUT2D eigenvalue weighted by molar-refractivity contribution is 0.0659. The van der Waals surface area contributed by atoms with Gasteiger partial charge in [-0.15, -0.1) is 0 Å². The summed E-state index contributed by atoms with van der Waals surface area (Å²) in [6.07, 6.45) is 0. The van der Waals surface area contributed by atoms with Crippen molar-refractivity contribution < 1.29 is 17.5 Å². The third kappa shape index (κ3) is 3.00. The standard InChI is InChI=1S/C14H18ClFN2O3S/c1-17-5-10-6-18(12(7-17)9-21-8-10)22(19,20)14-3-2-11(16)4-13(14)15/h2-4,10,12H,5-9H2,1H3/t10-,12-/m0/s1. The number of nitrogens with zero attached hydrogens (tertiary/aromatic N) is 2. The molecular weight excluding hydrogens is 331 g/mol. The number of likely N-dealkylation sites (N-methyl/N-ethyl adjacent to an activating group) is 1. The van der Waals surface area contributed by atoms with Crippen LogP contribution < -0.4 is 0 Å². The molecule has 122 valence electrons. The Morgan fingerprint density at radius 2 is 2.05 bits per heavy atom.